The number of nitrogens with zero attached hydrogens (tertiary/aromatic N) is 1. The number of benzene rings is 1. The fourth-order valence-electron chi connectivity index (χ4n) is 1.87. The predicted octanol–water partition coefficient (Wildman–Crippen LogP) is 3.33. The van der Waals surface area contributed by atoms with Crippen molar-refractivity contribution in [1.29, 1.82) is 0 Å². The Labute approximate surface area is 127 Å². The Hall–Kier alpha value is -1.84. The van der Waals surface area contributed by atoms with E-state index in [9.17, 15) is 9.59 Å². The van der Waals surface area contributed by atoms with Crippen molar-refractivity contribution < 1.29 is 14.3 Å². The first-order valence-electron chi connectivity index (χ1n) is 7.30. The molecule has 1 aromatic carbocycles. The maximum absolute atomic E-state index is 12.1. The van der Waals surface area contributed by atoms with Crippen molar-refractivity contribution in [3.05, 3.63) is 29.8 Å². The molecule has 21 heavy (non-hydrogen) atoms. The van der Waals surface area contributed by atoms with Crippen molar-refractivity contribution in [2.24, 2.45) is 0 Å². The number of esters is 1. The highest BCUT2D eigenvalue weighted by Gasteiger charge is 2.18. The van der Waals surface area contributed by atoms with Crippen molar-refractivity contribution >= 4 is 17.6 Å². The minimum atomic E-state index is -0.512. The Kier molecular flexibility index (Phi) is 5.94. The van der Waals surface area contributed by atoms with Crippen LogP contribution >= 0.6 is 0 Å². The van der Waals surface area contributed by atoms with Gasteiger partial charge in [0.15, 0.2) is 0 Å². The lowest BCUT2D eigenvalue weighted by atomic mass is 10.1. The summed E-state index contributed by atoms with van der Waals surface area (Å²) in [5.41, 5.74) is 1.55. The minimum Gasteiger partial charge on any atom is -0.460 e. The number of rotatable bonds is 5. The summed E-state index contributed by atoms with van der Waals surface area (Å²) in [6.45, 7) is 7.53. The lowest BCUT2D eigenvalue weighted by Crippen LogP contribution is -2.28. The van der Waals surface area contributed by atoms with Crippen LogP contribution in [0, 0.1) is 0 Å². The number of hydrogen-bond donors (Lipinski definition) is 0. The van der Waals surface area contributed by atoms with E-state index < -0.39 is 5.60 Å². The molecule has 1 aromatic rings. The van der Waals surface area contributed by atoms with Gasteiger partial charge >= 0.3 is 5.97 Å². The summed E-state index contributed by atoms with van der Waals surface area (Å²) < 4.78 is 5.19. The minimum absolute atomic E-state index is 0.0925. The van der Waals surface area contributed by atoms with Gasteiger partial charge in [0, 0.05) is 19.2 Å². The second-order valence-corrected chi connectivity index (χ2v) is 6.06. The molecule has 0 heterocycles. The molecular weight excluding hydrogens is 266 g/mol. The van der Waals surface area contributed by atoms with Gasteiger partial charge in [0.05, 0.1) is 6.42 Å². The lowest BCUT2D eigenvalue weighted by Gasteiger charge is -2.20. The molecule has 0 fully saturated rings. The van der Waals surface area contributed by atoms with Gasteiger partial charge in [-0.15, -0.1) is 0 Å². The van der Waals surface area contributed by atoms with Gasteiger partial charge in [-0.2, -0.15) is 0 Å². The van der Waals surface area contributed by atoms with Gasteiger partial charge in [0.1, 0.15) is 5.60 Å². The van der Waals surface area contributed by atoms with E-state index in [0.29, 0.717) is 0 Å². The van der Waals surface area contributed by atoms with Gasteiger partial charge in [-0.1, -0.05) is 19.1 Å². The van der Waals surface area contributed by atoms with Crippen LogP contribution in [0.2, 0.25) is 0 Å². The summed E-state index contributed by atoms with van der Waals surface area (Å²) in [6, 6.07) is 7.86. The maximum Gasteiger partial charge on any atom is 0.306 e. The number of aryl methyl sites for hydroxylation is 1. The fourth-order valence-corrected chi connectivity index (χ4v) is 1.87. The molecule has 1 rings (SSSR count). The molecule has 0 atom stereocenters. The maximum atomic E-state index is 12.1. The van der Waals surface area contributed by atoms with Crippen molar-refractivity contribution in [3.63, 3.8) is 0 Å². The quantitative estimate of drug-likeness (QED) is 0.782. The van der Waals surface area contributed by atoms with Crippen LogP contribution in [-0.2, 0) is 20.7 Å². The van der Waals surface area contributed by atoms with E-state index in [1.165, 1.54) is 5.56 Å². The normalized spacial score (nSPS) is 11.1. The van der Waals surface area contributed by atoms with Gasteiger partial charge in [-0.05, 0) is 44.9 Å². The second kappa shape index (κ2) is 7.25. The number of anilines is 1. The zero-order chi connectivity index (χ0) is 16.0. The van der Waals surface area contributed by atoms with Crippen LogP contribution in [-0.4, -0.2) is 24.5 Å². The van der Waals surface area contributed by atoms with Crippen LogP contribution in [0.3, 0.4) is 0 Å². The van der Waals surface area contributed by atoms with Gasteiger partial charge in [-0.3, -0.25) is 9.59 Å². The highest BCUT2D eigenvalue weighted by Crippen LogP contribution is 2.16. The summed E-state index contributed by atoms with van der Waals surface area (Å²) in [5, 5.41) is 0. The summed E-state index contributed by atoms with van der Waals surface area (Å²) in [7, 11) is 1.72. The Morgan fingerprint density at radius 2 is 1.67 bits per heavy atom. The van der Waals surface area contributed by atoms with E-state index in [1.54, 1.807) is 11.9 Å². The van der Waals surface area contributed by atoms with Crippen molar-refractivity contribution in [3.8, 4) is 0 Å². The molecule has 0 aliphatic rings. The summed E-state index contributed by atoms with van der Waals surface area (Å²) >= 11 is 0. The number of carbonyl (C=O) groups excluding carboxylic acids is 2. The molecule has 0 aliphatic carbocycles. The molecule has 0 radical (unpaired) electrons. The number of hydrogen-bond acceptors (Lipinski definition) is 3. The molecule has 0 aliphatic heterocycles. The Morgan fingerprint density at radius 1 is 1.10 bits per heavy atom. The molecule has 0 N–H and O–H groups in total. The molecule has 0 spiro atoms. The summed E-state index contributed by atoms with van der Waals surface area (Å²) in [5.74, 6) is -0.435. The smallest absolute Gasteiger partial charge is 0.306 e. The van der Waals surface area contributed by atoms with E-state index in [-0.39, 0.29) is 24.7 Å². The summed E-state index contributed by atoms with van der Waals surface area (Å²) in [6.07, 6.45) is 1.23. The molecule has 0 unspecified atom stereocenters. The number of amides is 1. The molecule has 4 nitrogen and oxygen atoms in total. The van der Waals surface area contributed by atoms with Crippen LogP contribution in [0.4, 0.5) is 5.69 Å². The van der Waals surface area contributed by atoms with E-state index in [2.05, 4.69) is 6.92 Å². The molecule has 0 bridgehead atoms. The van der Waals surface area contributed by atoms with Crippen LogP contribution in [0.25, 0.3) is 0 Å². The van der Waals surface area contributed by atoms with Crippen LogP contribution in [0.5, 0.6) is 0 Å². The lowest BCUT2D eigenvalue weighted by molar-refractivity contribution is -0.155. The molecule has 4 heteroatoms. The molecule has 0 saturated carbocycles. The van der Waals surface area contributed by atoms with Crippen LogP contribution in [0.15, 0.2) is 24.3 Å². The standard InChI is InChI=1S/C17H25NO3/c1-6-13-7-9-14(10-8-13)18(5)15(19)11-12-16(20)21-17(2,3)4/h7-10H,6,11-12H2,1-5H3. The van der Waals surface area contributed by atoms with Crippen LogP contribution < -0.4 is 4.90 Å². The molecule has 1 amide bonds. The largest absolute Gasteiger partial charge is 0.460 e. The first kappa shape index (κ1) is 17.2. The van der Waals surface area contributed by atoms with E-state index in [4.69, 9.17) is 4.74 Å². The topological polar surface area (TPSA) is 46.6 Å². The molecule has 116 valence electrons. The zero-order valence-corrected chi connectivity index (χ0v) is 13.6. The van der Waals surface area contributed by atoms with Gasteiger partial charge < -0.3 is 9.64 Å². The van der Waals surface area contributed by atoms with E-state index in [0.717, 1.165) is 12.1 Å². The third-order valence-electron chi connectivity index (χ3n) is 3.07. The summed E-state index contributed by atoms with van der Waals surface area (Å²) in [4.78, 5) is 25.3. The van der Waals surface area contributed by atoms with Crippen molar-refractivity contribution in [1.82, 2.24) is 0 Å². The first-order chi connectivity index (χ1) is 9.73. The predicted molar refractivity (Wildman–Crippen MR) is 84.3 cm³/mol. The number of ether oxygens (including phenoxy) is 1. The highest BCUT2D eigenvalue weighted by molar-refractivity contribution is 5.94. The SMILES string of the molecule is CCc1ccc(N(C)C(=O)CCC(=O)OC(C)(C)C)cc1. The van der Waals surface area contributed by atoms with Gasteiger partial charge in [0.2, 0.25) is 5.91 Å². The molecular formula is C17H25NO3. The van der Waals surface area contributed by atoms with E-state index >= 15 is 0 Å². The average Bonchev–Trinajstić information content (AvgIpc) is 2.42. The van der Waals surface area contributed by atoms with Crippen LogP contribution in [0.1, 0.15) is 46.1 Å². The second-order valence-electron chi connectivity index (χ2n) is 6.06. The molecule has 0 saturated heterocycles. The monoisotopic (exact) mass is 291 g/mol. The van der Waals surface area contributed by atoms with E-state index in [1.807, 2.05) is 45.0 Å². The fraction of sp³-hybridized carbons (Fsp3) is 0.529. The zero-order valence-electron chi connectivity index (χ0n) is 13.6. The third kappa shape index (κ3) is 5.98. The van der Waals surface area contributed by atoms with Crippen molar-refractivity contribution in [2.75, 3.05) is 11.9 Å². The van der Waals surface area contributed by atoms with Gasteiger partial charge in [0.25, 0.3) is 0 Å². The highest BCUT2D eigenvalue weighted by atomic mass is 16.6. The Morgan fingerprint density at radius 3 is 2.14 bits per heavy atom. The average molecular weight is 291 g/mol. The Bertz CT molecular complexity index is 486. The number of carbonyl (C=O) groups is 2. The van der Waals surface area contributed by atoms with Crippen molar-refractivity contribution in [2.45, 2.75) is 52.6 Å². The Balaban J connectivity index is 2.52. The third-order valence-corrected chi connectivity index (χ3v) is 3.07. The molecule has 0 aromatic heterocycles. The van der Waals surface area contributed by atoms with Gasteiger partial charge in [-0.25, -0.2) is 0 Å². The first-order valence-corrected chi connectivity index (χ1v) is 7.30.